The molecule has 0 aromatic carbocycles. The summed E-state index contributed by atoms with van der Waals surface area (Å²) in [6.07, 6.45) is 8.66. The van der Waals surface area contributed by atoms with E-state index in [0.29, 0.717) is 18.2 Å². The molecule has 0 unspecified atom stereocenters. The minimum absolute atomic E-state index is 0.0500. The molecule has 2 fully saturated rings. The van der Waals surface area contributed by atoms with Gasteiger partial charge in [-0.3, -0.25) is 14.6 Å². The average molecular weight is 385 g/mol. The van der Waals surface area contributed by atoms with Crippen molar-refractivity contribution in [2.75, 3.05) is 45.8 Å². The van der Waals surface area contributed by atoms with Crippen LogP contribution in [0.2, 0.25) is 0 Å². The molecule has 2 saturated heterocycles. The molecule has 2 amide bonds. The molecule has 152 valence electrons. The normalized spacial score (nSPS) is 19.3. The maximum absolute atomic E-state index is 12.5. The van der Waals surface area contributed by atoms with Gasteiger partial charge in [0, 0.05) is 58.0 Å². The lowest BCUT2D eigenvalue weighted by Crippen LogP contribution is -2.48. The molecule has 3 rings (SSSR count). The van der Waals surface area contributed by atoms with Crippen LogP contribution in [0.15, 0.2) is 30.5 Å². The average Bonchev–Trinajstić information content (AvgIpc) is 2.77. The second-order valence-electron chi connectivity index (χ2n) is 7.71. The fraction of sp³-hybridized carbons (Fsp3) is 0.591. The van der Waals surface area contributed by atoms with Crippen molar-refractivity contribution >= 4 is 17.9 Å². The summed E-state index contributed by atoms with van der Waals surface area (Å²) < 4.78 is 0. The second kappa shape index (κ2) is 10.4. The maximum atomic E-state index is 12.5. The number of hydrogen-bond donors (Lipinski definition) is 0. The van der Waals surface area contributed by atoms with E-state index >= 15 is 0 Å². The molecule has 2 aliphatic heterocycles. The van der Waals surface area contributed by atoms with Crippen LogP contribution >= 0.6 is 0 Å². The highest BCUT2D eigenvalue weighted by Crippen LogP contribution is 2.23. The number of aromatic nitrogens is 1. The summed E-state index contributed by atoms with van der Waals surface area (Å²) in [4.78, 5) is 35.3. The first-order valence-corrected chi connectivity index (χ1v) is 10.5. The van der Waals surface area contributed by atoms with E-state index < -0.39 is 0 Å². The predicted molar refractivity (Wildman–Crippen MR) is 111 cm³/mol. The topological polar surface area (TPSA) is 56.8 Å². The van der Waals surface area contributed by atoms with Crippen molar-refractivity contribution in [2.24, 2.45) is 5.92 Å². The Morgan fingerprint density at radius 2 is 1.82 bits per heavy atom. The molecule has 1 aromatic rings. The summed E-state index contributed by atoms with van der Waals surface area (Å²) in [6.45, 7) is 8.51. The number of nitrogens with zero attached hydrogens (tertiary/aromatic N) is 4. The molecule has 28 heavy (non-hydrogen) atoms. The maximum Gasteiger partial charge on any atom is 0.246 e. The zero-order valence-corrected chi connectivity index (χ0v) is 16.9. The standard InChI is InChI=1S/C22H32N4O2/c1-2-24-15-17-26(18-16-24)21(27)8-6-19-10-13-25(14-11-19)22(28)9-7-20-5-3-4-12-23-20/h3-5,7,9,12,19H,2,6,8,10-11,13-18H2,1H3/b9-7+. The van der Waals surface area contributed by atoms with Crippen molar-refractivity contribution in [3.8, 4) is 0 Å². The minimum atomic E-state index is 0.0500. The van der Waals surface area contributed by atoms with Crippen LogP contribution in [0.4, 0.5) is 0 Å². The number of pyridine rings is 1. The first-order chi connectivity index (χ1) is 13.7. The predicted octanol–water partition coefficient (Wildman–Crippen LogP) is 2.28. The summed E-state index contributed by atoms with van der Waals surface area (Å²) in [5.74, 6) is 0.895. The van der Waals surface area contributed by atoms with Gasteiger partial charge in [-0.25, -0.2) is 0 Å². The van der Waals surface area contributed by atoms with Gasteiger partial charge in [-0.2, -0.15) is 0 Å². The molecule has 1 aromatic heterocycles. The number of rotatable bonds is 6. The number of carbonyl (C=O) groups excluding carboxylic acids is 2. The fourth-order valence-electron chi connectivity index (χ4n) is 3.98. The number of piperidine rings is 1. The second-order valence-corrected chi connectivity index (χ2v) is 7.71. The zero-order valence-electron chi connectivity index (χ0n) is 16.9. The van der Waals surface area contributed by atoms with Crippen molar-refractivity contribution in [1.29, 1.82) is 0 Å². The molecule has 2 aliphatic rings. The third kappa shape index (κ3) is 5.89. The summed E-state index contributed by atoms with van der Waals surface area (Å²) >= 11 is 0. The van der Waals surface area contributed by atoms with Crippen LogP contribution in [0.1, 0.15) is 38.3 Å². The van der Waals surface area contributed by atoms with Crippen LogP contribution in [-0.2, 0) is 9.59 Å². The Kier molecular flexibility index (Phi) is 7.60. The first-order valence-electron chi connectivity index (χ1n) is 10.5. The highest BCUT2D eigenvalue weighted by molar-refractivity contribution is 5.91. The Balaban J connectivity index is 1.35. The third-order valence-electron chi connectivity index (χ3n) is 5.95. The van der Waals surface area contributed by atoms with E-state index in [1.807, 2.05) is 28.0 Å². The molecule has 0 bridgehead atoms. The number of hydrogen-bond acceptors (Lipinski definition) is 4. The van der Waals surface area contributed by atoms with Gasteiger partial charge in [0.05, 0.1) is 5.69 Å². The molecule has 0 radical (unpaired) electrons. The third-order valence-corrected chi connectivity index (χ3v) is 5.95. The van der Waals surface area contributed by atoms with E-state index in [0.717, 1.165) is 70.8 Å². The number of piperazine rings is 1. The molecule has 0 aliphatic carbocycles. The Labute approximate surface area is 168 Å². The molecule has 0 atom stereocenters. The van der Waals surface area contributed by atoms with Gasteiger partial charge in [-0.05, 0) is 49.9 Å². The first kappa shape index (κ1) is 20.5. The van der Waals surface area contributed by atoms with Crippen molar-refractivity contribution < 1.29 is 9.59 Å². The van der Waals surface area contributed by atoms with E-state index in [-0.39, 0.29) is 5.91 Å². The molecule has 0 N–H and O–H groups in total. The molecular weight excluding hydrogens is 352 g/mol. The highest BCUT2D eigenvalue weighted by atomic mass is 16.2. The van der Waals surface area contributed by atoms with Crippen molar-refractivity contribution in [3.63, 3.8) is 0 Å². The van der Waals surface area contributed by atoms with E-state index in [1.54, 1.807) is 18.3 Å². The van der Waals surface area contributed by atoms with Gasteiger partial charge in [-0.15, -0.1) is 0 Å². The van der Waals surface area contributed by atoms with E-state index in [4.69, 9.17) is 0 Å². The van der Waals surface area contributed by atoms with Crippen LogP contribution < -0.4 is 0 Å². The summed E-state index contributed by atoms with van der Waals surface area (Å²) in [5.41, 5.74) is 0.795. The molecule has 6 nitrogen and oxygen atoms in total. The van der Waals surface area contributed by atoms with Crippen LogP contribution in [0.25, 0.3) is 6.08 Å². The van der Waals surface area contributed by atoms with Crippen LogP contribution in [-0.4, -0.2) is 77.3 Å². The summed E-state index contributed by atoms with van der Waals surface area (Å²) in [6, 6.07) is 5.66. The molecule has 6 heteroatoms. The molecule has 0 saturated carbocycles. The van der Waals surface area contributed by atoms with E-state index in [9.17, 15) is 9.59 Å². The number of likely N-dealkylation sites (N-methyl/N-ethyl adjacent to an activating group) is 1. The monoisotopic (exact) mass is 384 g/mol. The van der Waals surface area contributed by atoms with Gasteiger partial charge in [0.15, 0.2) is 0 Å². The quantitative estimate of drug-likeness (QED) is 0.706. The van der Waals surface area contributed by atoms with Crippen LogP contribution in [0, 0.1) is 5.92 Å². The SMILES string of the molecule is CCN1CCN(C(=O)CCC2CCN(C(=O)/C=C/c3ccccn3)CC2)CC1. The van der Waals surface area contributed by atoms with Crippen LogP contribution in [0.3, 0.4) is 0 Å². The van der Waals surface area contributed by atoms with Gasteiger partial charge < -0.3 is 14.7 Å². The lowest BCUT2D eigenvalue weighted by atomic mass is 9.92. The van der Waals surface area contributed by atoms with Crippen molar-refractivity contribution in [1.82, 2.24) is 19.7 Å². The Morgan fingerprint density at radius 3 is 2.46 bits per heavy atom. The lowest BCUT2D eigenvalue weighted by Gasteiger charge is -2.35. The Bertz CT molecular complexity index is 660. The highest BCUT2D eigenvalue weighted by Gasteiger charge is 2.24. The van der Waals surface area contributed by atoms with E-state index in [2.05, 4.69) is 16.8 Å². The van der Waals surface area contributed by atoms with Gasteiger partial charge in [-0.1, -0.05) is 13.0 Å². The number of carbonyl (C=O) groups is 2. The van der Waals surface area contributed by atoms with Gasteiger partial charge in [0.25, 0.3) is 0 Å². The number of likely N-dealkylation sites (tertiary alicyclic amines) is 1. The van der Waals surface area contributed by atoms with Crippen molar-refractivity contribution in [2.45, 2.75) is 32.6 Å². The van der Waals surface area contributed by atoms with Gasteiger partial charge in [0.1, 0.15) is 0 Å². The lowest BCUT2D eigenvalue weighted by molar-refractivity contribution is -0.133. The zero-order chi connectivity index (χ0) is 19.8. The minimum Gasteiger partial charge on any atom is -0.340 e. The van der Waals surface area contributed by atoms with Crippen molar-refractivity contribution in [3.05, 3.63) is 36.2 Å². The molecule has 3 heterocycles. The van der Waals surface area contributed by atoms with Gasteiger partial charge >= 0.3 is 0 Å². The van der Waals surface area contributed by atoms with Crippen LogP contribution in [0.5, 0.6) is 0 Å². The Hall–Kier alpha value is -2.21. The Morgan fingerprint density at radius 1 is 1.07 bits per heavy atom. The molecular formula is C22H32N4O2. The fourth-order valence-corrected chi connectivity index (χ4v) is 3.98. The number of amides is 2. The largest absolute Gasteiger partial charge is 0.340 e. The summed E-state index contributed by atoms with van der Waals surface area (Å²) in [5, 5.41) is 0. The smallest absolute Gasteiger partial charge is 0.246 e. The van der Waals surface area contributed by atoms with E-state index in [1.165, 1.54) is 0 Å². The molecule has 0 spiro atoms. The summed E-state index contributed by atoms with van der Waals surface area (Å²) in [7, 11) is 0. The van der Waals surface area contributed by atoms with Gasteiger partial charge in [0.2, 0.25) is 11.8 Å².